The lowest BCUT2D eigenvalue weighted by atomic mass is 10.1. The van der Waals surface area contributed by atoms with Crippen molar-refractivity contribution in [3.05, 3.63) is 33.3 Å². The van der Waals surface area contributed by atoms with Crippen LogP contribution in [-0.2, 0) is 11.2 Å². The van der Waals surface area contributed by atoms with Crippen LogP contribution in [-0.4, -0.2) is 29.9 Å². The first-order chi connectivity index (χ1) is 8.56. The zero-order chi connectivity index (χ0) is 13.1. The molecule has 1 aliphatic rings. The molecule has 0 radical (unpaired) electrons. The summed E-state index contributed by atoms with van der Waals surface area (Å²) in [4.78, 5) is 14.0. The Kier molecular flexibility index (Phi) is 6.60. The van der Waals surface area contributed by atoms with Crippen molar-refractivity contribution < 1.29 is 4.79 Å². The fourth-order valence-corrected chi connectivity index (χ4v) is 2.72. The van der Waals surface area contributed by atoms with E-state index in [1.807, 2.05) is 17.0 Å². The second kappa shape index (κ2) is 7.48. The van der Waals surface area contributed by atoms with Crippen molar-refractivity contribution >= 4 is 45.8 Å². The summed E-state index contributed by atoms with van der Waals surface area (Å²) in [7, 11) is 0. The predicted molar refractivity (Wildman–Crippen MR) is 83.9 cm³/mol. The van der Waals surface area contributed by atoms with Crippen LogP contribution in [0.2, 0.25) is 5.02 Å². The van der Waals surface area contributed by atoms with E-state index in [-0.39, 0.29) is 24.4 Å². The van der Waals surface area contributed by atoms with Gasteiger partial charge in [0, 0.05) is 23.6 Å². The lowest BCUT2D eigenvalue weighted by Gasteiger charge is -2.30. The van der Waals surface area contributed by atoms with Crippen LogP contribution in [0.3, 0.4) is 0 Å². The highest BCUT2D eigenvalue weighted by Crippen LogP contribution is 2.23. The van der Waals surface area contributed by atoms with Crippen LogP contribution in [0.4, 0.5) is 0 Å². The molecule has 1 heterocycles. The van der Waals surface area contributed by atoms with E-state index in [0.717, 1.165) is 29.4 Å². The maximum atomic E-state index is 12.1. The van der Waals surface area contributed by atoms with Crippen LogP contribution >= 0.6 is 39.9 Å². The average molecular weight is 368 g/mol. The summed E-state index contributed by atoms with van der Waals surface area (Å²) in [6.07, 6.45) is 2.41. The summed E-state index contributed by atoms with van der Waals surface area (Å²) < 4.78 is 0.824. The number of nitrogens with two attached hydrogens (primary N) is 1. The number of hydrogen-bond donors (Lipinski definition) is 1. The number of piperidine rings is 1. The fraction of sp³-hybridized carbons (Fsp3) is 0.462. The van der Waals surface area contributed by atoms with Crippen molar-refractivity contribution in [1.82, 2.24) is 4.90 Å². The highest BCUT2D eigenvalue weighted by molar-refractivity contribution is 9.10. The van der Waals surface area contributed by atoms with Gasteiger partial charge in [-0.05, 0) is 46.5 Å². The monoisotopic (exact) mass is 366 g/mol. The SMILES string of the molecule is Cl.N[C@H]1CCCN(C(=O)Cc2ccc(Cl)c(Br)c2)C1. The average Bonchev–Trinajstić information content (AvgIpc) is 2.34. The lowest BCUT2D eigenvalue weighted by molar-refractivity contribution is -0.131. The molecular formula is C13H17BrCl2N2O. The number of amides is 1. The van der Waals surface area contributed by atoms with Gasteiger partial charge in [0.1, 0.15) is 0 Å². The van der Waals surface area contributed by atoms with E-state index in [1.165, 1.54) is 0 Å². The zero-order valence-electron chi connectivity index (χ0n) is 10.4. The van der Waals surface area contributed by atoms with E-state index in [1.54, 1.807) is 6.07 Å². The lowest BCUT2D eigenvalue weighted by Crippen LogP contribution is -2.46. The molecular weight excluding hydrogens is 351 g/mol. The Morgan fingerprint density at radius 2 is 2.26 bits per heavy atom. The number of carbonyl (C=O) groups excluding carboxylic acids is 1. The van der Waals surface area contributed by atoms with Gasteiger partial charge in [0.15, 0.2) is 0 Å². The number of halogens is 3. The van der Waals surface area contributed by atoms with E-state index >= 15 is 0 Å². The normalized spacial score (nSPS) is 18.9. The molecule has 0 aromatic heterocycles. The van der Waals surface area contributed by atoms with Crippen LogP contribution in [0.15, 0.2) is 22.7 Å². The van der Waals surface area contributed by atoms with Crippen LogP contribution < -0.4 is 5.73 Å². The number of benzene rings is 1. The Labute approximate surface area is 133 Å². The van der Waals surface area contributed by atoms with E-state index in [9.17, 15) is 4.79 Å². The van der Waals surface area contributed by atoms with Gasteiger partial charge >= 0.3 is 0 Å². The summed E-state index contributed by atoms with van der Waals surface area (Å²) in [5.74, 6) is 0.138. The molecule has 1 amide bonds. The van der Waals surface area contributed by atoms with E-state index in [4.69, 9.17) is 17.3 Å². The van der Waals surface area contributed by atoms with E-state index < -0.39 is 0 Å². The topological polar surface area (TPSA) is 46.3 Å². The molecule has 1 fully saturated rings. The number of carbonyl (C=O) groups is 1. The van der Waals surface area contributed by atoms with Gasteiger partial charge in [0.25, 0.3) is 0 Å². The first-order valence-electron chi connectivity index (χ1n) is 6.03. The van der Waals surface area contributed by atoms with Gasteiger partial charge in [-0.3, -0.25) is 4.79 Å². The van der Waals surface area contributed by atoms with Gasteiger partial charge in [-0.25, -0.2) is 0 Å². The maximum absolute atomic E-state index is 12.1. The molecule has 2 rings (SSSR count). The summed E-state index contributed by atoms with van der Waals surface area (Å²) in [6.45, 7) is 1.49. The largest absolute Gasteiger partial charge is 0.341 e. The van der Waals surface area contributed by atoms with Gasteiger partial charge in [-0.2, -0.15) is 0 Å². The first kappa shape index (κ1) is 16.8. The molecule has 19 heavy (non-hydrogen) atoms. The standard InChI is InChI=1S/C13H16BrClN2O.ClH/c14-11-6-9(3-4-12(11)15)7-13(18)17-5-1-2-10(16)8-17;/h3-4,6,10H,1-2,5,7-8,16H2;1H/t10-;/m0./s1. The van der Waals surface area contributed by atoms with Gasteiger partial charge in [-0.15, -0.1) is 12.4 Å². The molecule has 2 N–H and O–H groups in total. The minimum Gasteiger partial charge on any atom is -0.341 e. The first-order valence-corrected chi connectivity index (χ1v) is 7.20. The number of likely N-dealkylation sites (tertiary alicyclic amines) is 1. The van der Waals surface area contributed by atoms with Crippen molar-refractivity contribution in [3.8, 4) is 0 Å². The maximum Gasteiger partial charge on any atom is 0.227 e. The van der Waals surface area contributed by atoms with Crippen molar-refractivity contribution in [1.29, 1.82) is 0 Å². The minimum atomic E-state index is 0. The molecule has 0 aliphatic carbocycles. The number of rotatable bonds is 2. The van der Waals surface area contributed by atoms with Crippen LogP contribution in [0.5, 0.6) is 0 Å². The molecule has 1 saturated heterocycles. The number of hydrogen-bond acceptors (Lipinski definition) is 2. The molecule has 1 aromatic carbocycles. The summed E-state index contributed by atoms with van der Waals surface area (Å²) in [6, 6.07) is 5.70. The Bertz CT molecular complexity index is 456. The van der Waals surface area contributed by atoms with Crippen molar-refractivity contribution in [2.24, 2.45) is 5.73 Å². The van der Waals surface area contributed by atoms with E-state index in [0.29, 0.717) is 18.0 Å². The molecule has 1 aromatic rings. The van der Waals surface area contributed by atoms with Crippen LogP contribution in [0.1, 0.15) is 18.4 Å². The highest BCUT2D eigenvalue weighted by atomic mass is 79.9. The van der Waals surface area contributed by atoms with Gasteiger partial charge in [0.05, 0.1) is 11.4 Å². The molecule has 1 atom stereocenters. The Hall–Kier alpha value is -0.290. The fourth-order valence-electron chi connectivity index (χ4n) is 2.17. The van der Waals surface area contributed by atoms with Crippen molar-refractivity contribution in [2.75, 3.05) is 13.1 Å². The summed E-state index contributed by atoms with van der Waals surface area (Å²) in [5.41, 5.74) is 6.85. The molecule has 0 unspecified atom stereocenters. The van der Waals surface area contributed by atoms with E-state index in [2.05, 4.69) is 15.9 Å². The predicted octanol–water partition coefficient (Wildman–Crippen LogP) is 3.02. The van der Waals surface area contributed by atoms with Crippen molar-refractivity contribution in [2.45, 2.75) is 25.3 Å². The summed E-state index contributed by atoms with van der Waals surface area (Å²) >= 11 is 9.29. The van der Waals surface area contributed by atoms with Crippen LogP contribution in [0.25, 0.3) is 0 Å². The Morgan fingerprint density at radius 1 is 1.53 bits per heavy atom. The summed E-state index contributed by atoms with van der Waals surface area (Å²) in [5, 5.41) is 0.659. The number of nitrogens with zero attached hydrogens (tertiary/aromatic N) is 1. The molecule has 6 heteroatoms. The van der Waals surface area contributed by atoms with Crippen molar-refractivity contribution in [3.63, 3.8) is 0 Å². The third-order valence-corrected chi connectivity index (χ3v) is 4.36. The quantitative estimate of drug-likeness (QED) is 0.873. The second-order valence-electron chi connectivity index (χ2n) is 4.67. The molecule has 0 spiro atoms. The Morgan fingerprint density at radius 3 is 2.89 bits per heavy atom. The highest BCUT2D eigenvalue weighted by Gasteiger charge is 2.21. The zero-order valence-corrected chi connectivity index (χ0v) is 13.6. The third-order valence-electron chi connectivity index (χ3n) is 3.15. The molecule has 1 aliphatic heterocycles. The smallest absolute Gasteiger partial charge is 0.227 e. The molecule has 0 bridgehead atoms. The molecule has 3 nitrogen and oxygen atoms in total. The Balaban J connectivity index is 0.00000180. The van der Waals surface area contributed by atoms with Crippen LogP contribution in [0, 0.1) is 0 Å². The molecule has 0 saturated carbocycles. The minimum absolute atomic E-state index is 0. The van der Waals surface area contributed by atoms with Gasteiger partial charge < -0.3 is 10.6 Å². The molecule has 106 valence electrons. The van der Waals surface area contributed by atoms with Gasteiger partial charge in [-0.1, -0.05) is 17.7 Å². The third kappa shape index (κ3) is 4.63. The van der Waals surface area contributed by atoms with Gasteiger partial charge in [0.2, 0.25) is 5.91 Å². The second-order valence-corrected chi connectivity index (χ2v) is 5.93.